The van der Waals surface area contributed by atoms with Crippen molar-refractivity contribution in [3.05, 3.63) is 34.4 Å². The fourth-order valence-electron chi connectivity index (χ4n) is 2.35. The van der Waals surface area contributed by atoms with Crippen LogP contribution < -0.4 is 5.32 Å². The van der Waals surface area contributed by atoms with Crippen molar-refractivity contribution in [2.45, 2.75) is 26.0 Å². The van der Waals surface area contributed by atoms with Gasteiger partial charge in [-0.15, -0.1) is 0 Å². The van der Waals surface area contributed by atoms with Gasteiger partial charge in [-0.3, -0.25) is 0 Å². The van der Waals surface area contributed by atoms with E-state index in [0.29, 0.717) is 13.1 Å². The smallest absolute Gasteiger partial charge is 0.159 e. The summed E-state index contributed by atoms with van der Waals surface area (Å²) in [7, 11) is -2.99. The van der Waals surface area contributed by atoms with Crippen molar-refractivity contribution in [3.63, 3.8) is 0 Å². The van der Waals surface area contributed by atoms with Crippen LogP contribution >= 0.6 is 0 Å². The van der Waals surface area contributed by atoms with Crippen molar-refractivity contribution in [1.29, 1.82) is 0 Å². The molecule has 17 heavy (non-hydrogen) atoms. The minimum absolute atomic E-state index is 0.240. The Hall–Kier alpha value is -0.870. The summed E-state index contributed by atoms with van der Waals surface area (Å²) in [6, 6.07) is 4.11. The van der Waals surface area contributed by atoms with Crippen molar-refractivity contribution < 1.29 is 8.42 Å². The van der Waals surface area contributed by atoms with Crippen LogP contribution in [0.15, 0.2) is 12.1 Å². The van der Waals surface area contributed by atoms with Crippen LogP contribution in [0.3, 0.4) is 0 Å². The van der Waals surface area contributed by atoms with Gasteiger partial charge in [0, 0.05) is 13.1 Å². The normalized spacial score (nSPS) is 23.6. The Morgan fingerprint density at radius 1 is 1.12 bits per heavy atom. The molecule has 94 valence electrons. The van der Waals surface area contributed by atoms with E-state index < -0.39 is 9.84 Å². The van der Waals surface area contributed by atoms with Gasteiger partial charge in [0.25, 0.3) is 0 Å². The van der Waals surface area contributed by atoms with Gasteiger partial charge in [0.1, 0.15) is 0 Å². The average Bonchev–Trinajstić information content (AvgIpc) is 2.23. The standard InChI is InChI=1S/C13H19NO2S/c1-9-6-11(3)12(7-10(9)2)13-8-14-4-5-17(13,15)16/h6-7,13-14H,4-5,8H2,1-3H3. The molecule has 4 heteroatoms. The minimum Gasteiger partial charge on any atom is -0.314 e. The number of hydrogen-bond donors (Lipinski definition) is 1. The van der Waals surface area contributed by atoms with Crippen molar-refractivity contribution in [2.75, 3.05) is 18.8 Å². The predicted octanol–water partition coefficient (Wildman–Crippen LogP) is 1.67. The summed E-state index contributed by atoms with van der Waals surface area (Å²) in [4.78, 5) is 0. The van der Waals surface area contributed by atoms with Crippen LogP contribution in [0.1, 0.15) is 27.5 Å². The van der Waals surface area contributed by atoms with Crippen molar-refractivity contribution in [2.24, 2.45) is 0 Å². The molecule has 0 amide bonds. The lowest BCUT2D eigenvalue weighted by molar-refractivity contribution is 0.550. The molecular formula is C13H19NO2S. The molecule has 1 aromatic carbocycles. The first-order valence-electron chi connectivity index (χ1n) is 5.92. The van der Waals surface area contributed by atoms with Crippen LogP contribution in [0, 0.1) is 20.8 Å². The highest BCUT2D eigenvalue weighted by Gasteiger charge is 2.31. The van der Waals surface area contributed by atoms with E-state index in [9.17, 15) is 8.42 Å². The van der Waals surface area contributed by atoms with Crippen molar-refractivity contribution in [1.82, 2.24) is 5.32 Å². The Morgan fingerprint density at radius 3 is 2.41 bits per heavy atom. The number of nitrogens with one attached hydrogen (secondary N) is 1. The lowest BCUT2D eigenvalue weighted by Crippen LogP contribution is -2.39. The van der Waals surface area contributed by atoms with E-state index in [1.54, 1.807) is 0 Å². The van der Waals surface area contributed by atoms with Gasteiger partial charge in [-0.05, 0) is 43.0 Å². The molecule has 1 aliphatic rings. The van der Waals surface area contributed by atoms with E-state index in [-0.39, 0.29) is 11.0 Å². The summed E-state index contributed by atoms with van der Waals surface area (Å²) in [5, 5.41) is 2.79. The van der Waals surface area contributed by atoms with E-state index in [1.807, 2.05) is 19.9 Å². The summed E-state index contributed by atoms with van der Waals surface area (Å²) in [6.45, 7) is 7.18. The molecule has 1 N–H and O–H groups in total. The monoisotopic (exact) mass is 253 g/mol. The highest BCUT2D eigenvalue weighted by atomic mass is 32.2. The van der Waals surface area contributed by atoms with E-state index in [2.05, 4.69) is 18.3 Å². The minimum atomic E-state index is -2.99. The van der Waals surface area contributed by atoms with Gasteiger partial charge in [0.15, 0.2) is 9.84 Å². The van der Waals surface area contributed by atoms with E-state index in [1.165, 1.54) is 5.56 Å². The van der Waals surface area contributed by atoms with Crippen LogP contribution in [0.4, 0.5) is 0 Å². The van der Waals surface area contributed by atoms with Gasteiger partial charge in [-0.2, -0.15) is 0 Å². The summed E-state index contributed by atoms with van der Waals surface area (Å²) < 4.78 is 24.2. The molecule has 0 saturated carbocycles. The summed E-state index contributed by atoms with van der Waals surface area (Å²) in [6.07, 6.45) is 0. The second kappa shape index (κ2) is 4.42. The molecule has 1 saturated heterocycles. The van der Waals surface area contributed by atoms with Gasteiger partial charge < -0.3 is 5.32 Å². The quantitative estimate of drug-likeness (QED) is 0.828. The number of hydrogen-bond acceptors (Lipinski definition) is 3. The molecule has 0 bridgehead atoms. The van der Waals surface area contributed by atoms with Crippen LogP contribution in [-0.4, -0.2) is 27.3 Å². The Bertz CT molecular complexity index is 535. The number of sulfone groups is 1. The molecule has 0 aromatic heterocycles. The predicted molar refractivity (Wildman–Crippen MR) is 70.1 cm³/mol. The number of aryl methyl sites for hydroxylation is 3. The summed E-state index contributed by atoms with van der Waals surface area (Å²) in [5.41, 5.74) is 4.41. The first-order chi connectivity index (χ1) is 7.92. The number of rotatable bonds is 1. The van der Waals surface area contributed by atoms with Crippen LogP contribution in [0.2, 0.25) is 0 Å². The van der Waals surface area contributed by atoms with Crippen molar-refractivity contribution >= 4 is 9.84 Å². The zero-order valence-corrected chi connectivity index (χ0v) is 11.4. The lowest BCUT2D eigenvalue weighted by Gasteiger charge is -2.25. The molecule has 1 unspecified atom stereocenters. The lowest BCUT2D eigenvalue weighted by atomic mass is 9.98. The van der Waals surface area contributed by atoms with Gasteiger partial charge in [0.2, 0.25) is 0 Å². The third-order valence-corrected chi connectivity index (χ3v) is 5.62. The SMILES string of the molecule is Cc1cc(C)c(C2CNCCS2(=O)=O)cc1C. The maximum absolute atomic E-state index is 12.1. The maximum Gasteiger partial charge on any atom is 0.159 e. The second-order valence-corrected chi connectivity index (χ2v) is 7.16. The van der Waals surface area contributed by atoms with E-state index in [4.69, 9.17) is 0 Å². The summed E-state index contributed by atoms with van der Waals surface area (Å²) >= 11 is 0. The van der Waals surface area contributed by atoms with Gasteiger partial charge >= 0.3 is 0 Å². The molecule has 1 heterocycles. The molecule has 1 aliphatic heterocycles. The molecule has 1 atom stereocenters. The zero-order valence-electron chi connectivity index (χ0n) is 10.6. The van der Waals surface area contributed by atoms with Gasteiger partial charge in [0.05, 0.1) is 11.0 Å². The Kier molecular flexibility index (Phi) is 3.27. The third-order valence-electron chi connectivity index (χ3n) is 3.56. The Morgan fingerprint density at radius 2 is 1.76 bits per heavy atom. The molecule has 3 nitrogen and oxygen atoms in total. The molecular weight excluding hydrogens is 234 g/mol. The third kappa shape index (κ3) is 2.38. The zero-order chi connectivity index (χ0) is 12.6. The first-order valence-corrected chi connectivity index (χ1v) is 7.63. The molecule has 2 rings (SSSR count). The fraction of sp³-hybridized carbons (Fsp3) is 0.538. The first kappa shape index (κ1) is 12.6. The van der Waals surface area contributed by atoms with Crippen LogP contribution in [0.25, 0.3) is 0 Å². The Balaban J connectivity index is 2.50. The maximum atomic E-state index is 12.1. The van der Waals surface area contributed by atoms with Crippen LogP contribution in [-0.2, 0) is 9.84 Å². The molecule has 0 radical (unpaired) electrons. The fourth-order valence-corrected chi connectivity index (χ4v) is 4.08. The van der Waals surface area contributed by atoms with Crippen molar-refractivity contribution in [3.8, 4) is 0 Å². The van der Waals surface area contributed by atoms with E-state index in [0.717, 1.165) is 16.7 Å². The molecule has 0 spiro atoms. The number of benzene rings is 1. The highest BCUT2D eigenvalue weighted by Crippen LogP contribution is 2.29. The average molecular weight is 253 g/mol. The summed E-state index contributed by atoms with van der Waals surface area (Å²) in [5.74, 6) is 0.240. The second-order valence-electron chi connectivity index (χ2n) is 4.85. The molecule has 1 fully saturated rings. The Labute approximate surface area is 103 Å². The van der Waals surface area contributed by atoms with E-state index >= 15 is 0 Å². The van der Waals surface area contributed by atoms with Gasteiger partial charge in [-0.25, -0.2) is 8.42 Å². The molecule has 0 aliphatic carbocycles. The largest absolute Gasteiger partial charge is 0.314 e. The van der Waals surface area contributed by atoms with Gasteiger partial charge in [-0.1, -0.05) is 12.1 Å². The molecule has 1 aromatic rings. The highest BCUT2D eigenvalue weighted by molar-refractivity contribution is 7.91. The van der Waals surface area contributed by atoms with Crippen LogP contribution in [0.5, 0.6) is 0 Å². The topological polar surface area (TPSA) is 46.2 Å².